The highest BCUT2D eigenvalue weighted by molar-refractivity contribution is 5.89. The van der Waals surface area contributed by atoms with Gasteiger partial charge in [-0.05, 0) is 30.7 Å². The third-order valence-electron chi connectivity index (χ3n) is 1.96. The predicted octanol–water partition coefficient (Wildman–Crippen LogP) is 2.18. The molecule has 16 heavy (non-hydrogen) atoms. The summed E-state index contributed by atoms with van der Waals surface area (Å²) < 4.78 is 9.58. The van der Waals surface area contributed by atoms with Crippen molar-refractivity contribution in [1.82, 2.24) is 0 Å². The average Bonchev–Trinajstić information content (AvgIpc) is 2.29. The maximum atomic E-state index is 11.2. The number of methoxy groups -OCH3 is 1. The zero-order chi connectivity index (χ0) is 12.0. The van der Waals surface area contributed by atoms with Crippen LogP contribution in [0.1, 0.15) is 30.1 Å². The highest BCUT2D eigenvalue weighted by Crippen LogP contribution is 2.13. The van der Waals surface area contributed by atoms with Gasteiger partial charge < -0.3 is 9.47 Å². The van der Waals surface area contributed by atoms with Gasteiger partial charge in [0.25, 0.3) is 0 Å². The molecule has 0 aliphatic rings. The quantitative estimate of drug-likeness (QED) is 0.578. The maximum Gasteiger partial charge on any atom is 0.337 e. The highest BCUT2D eigenvalue weighted by atomic mass is 16.5. The Labute approximate surface area is 94.2 Å². The molecule has 0 bridgehead atoms. The zero-order valence-corrected chi connectivity index (χ0v) is 9.36. The summed E-state index contributed by atoms with van der Waals surface area (Å²) in [5.41, 5.74) is 0.429. The Morgan fingerprint density at radius 3 is 2.31 bits per heavy atom. The Kier molecular flexibility index (Phi) is 4.51. The first kappa shape index (κ1) is 12.2. The van der Waals surface area contributed by atoms with Gasteiger partial charge in [-0.2, -0.15) is 0 Å². The number of rotatable bonds is 4. The molecule has 0 saturated heterocycles. The lowest BCUT2D eigenvalue weighted by Crippen LogP contribution is -2.07. The van der Waals surface area contributed by atoms with E-state index in [-0.39, 0.29) is 5.97 Å². The molecule has 1 aromatic carbocycles. The summed E-state index contributed by atoms with van der Waals surface area (Å²) in [6.07, 6.45) is 1.14. The van der Waals surface area contributed by atoms with E-state index in [1.165, 1.54) is 7.11 Å². The first-order valence-electron chi connectivity index (χ1n) is 5.06. The Hall–Kier alpha value is -1.84. The topological polar surface area (TPSA) is 52.6 Å². The molecule has 0 unspecified atom stereocenters. The normalized spacial score (nSPS) is 9.62. The zero-order valence-electron chi connectivity index (χ0n) is 9.36. The molecule has 0 radical (unpaired) electrons. The highest BCUT2D eigenvalue weighted by Gasteiger charge is 2.06. The molecule has 0 amide bonds. The van der Waals surface area contributed by atoms with Crippen LogP contribution in [-0.4, -0.2) is 19.0 Å². The lowest BCUT2D eigenvalue weighted by atomic mass is 10.2. The predicted molar refractivity (Wildman–Crippen MR) is 58.3 cm³/mol. The van der Waals surface area contributed by atoms with Crippen molar-refractivity contribution in [3.8, 4) is 5.75 Å². The minimum absolute atomic E-state index is 0.270. The minimum Gasteiger partial charge on any atom is -0.465 e. The van der Waals surface area contributed by atoms with Gasteiger partial charge >= 0.3 is 11.9 Å². The molecule has 4 heteroatoms. The van der Waals surface area contributed by atoms with Crippen LogP contribution in [0.3, 0.4) is 0 Å². The number of ether oxygens (including phenoxy) is 2. The van der Waals surface area contributed by atoms with E-state index in [1.807, 2.05) is 6.92 Å². The fraction of sp³-hybridized carbons (Fsp3) is 0.333. The van der Waals surface area contributed by atoms with E-state index in [2.05, 4.69) is 4.74 Å². The fourth-order valence-electron chi connectivity index (χ4n) is 1.16. The monoisotopic (exact) mass is 222 g/mol. The number of hydrogen-bond donors (Lipinski definition) is 0. The van der Waals surface area contributed by atoms with Crippen molar-refractivity contribution in [3.63, 3.8) is 0 Å². The van der Waals surface area contributed by atoms with Gasteiger partial charge in [0.1, 0.15) is 5.75 Å². The van der Waals surface area contributed by atoms with Gasteiger partial charge in [0, 0.05) is 6.42 Å². The molecule has 86 valence electrons. The molecule has 0 N–H and O–H groups in total. The fourth-order valence-corrected chi connectivity index (χ4v) is 1.16. The van der Waals surface area contributed by atoms with Crippen LogP contribution in [0.5, 0.6) is 5.75 Å². The standard InChI is InChI=1S/C12H14O4/c1-3-4-11(13)16-10-7-5-9(6-8-10)12(14)15-2/h5-8H,3-4H2,1-2H3. The molecular formula is C12H14O4. The van der Waals surface area contributed by atoms with Crippen molar-refractivity contribution in [2.24, 2.45) is 0 Å². The molecule has 0 spiro atoms. The Morgan fingerprint density at radius 1 is 1.19 bits per heavy atom. The van der Waals surface area contributed by atoms with Crippen LogP contribution in [0.4, 0.5) is 0 Å². The molecule has 4 nitrogen and oxygen atoms in total. The third-order valence-corrected chi connectivity index (χ3v) is 1.96. The largest absolute Gasteiger partial charge is 0.465 e. The van der Waals surface area contributed by atoms with Crippen molar-refractivity contribution in [2.45, 2.75) is 19.8 Å². The summed E-state index contributed by atoms with van der Waals surface area (Å²) in [5, 5.41) is 0. The second kappa shape index (κ2) is 5.90. The van der Waals surface area contributed by atoms with Crippen molar-refractivity contribution >= 4 is 11.9 Å². The molecule has 0 aliphatic carbocycles. The van der Waals surface area contributed by atoms with Gasteiger partial charge in [-0.1, -0.05) is 6.92 Å². The van der Waals surface area contributed by atoms with Gasteiger partial charge in [0.2, 0.25) is 0 Å². The van der Waals surface area contributed by atoms with Crippen LogP contribution in [0, 0.1) is 0 Å². The lowest BCUT2D eigenvalue weighted by molar-refractivity contribution is -0.134. The molecule has 0 fully saturated rings. The van der Waals surface area contributed by atoms with Crippen LogP contribution in [0.2, 0.25) is 0 Å². The first-order valence-corrected chi connectivity index (χ1v) is 5.06. The SMILES string of the molecule is CCCC(=O)Oc1ccc(C(=O)OC)cc1. The summed E-state index contributed by atoms with van der Waals surface area (Å²) in [6, 6.07) is 6.25. The second-order valence-electron chi connectivity index (χ2n) is 3.24. The summed E-state index contributed by atoms with van der Waals surface area (Å²) in [6.45, 7) is 1.90. The van der Waals surface area contributed by atoms with Crippen molar-refractivity contribution < 1.29 is 19.1 Å². The van der Waals surface area contributed by atoms with E-state index in [1.54, 1.807) is 24.3 Å². The Balaban J connectivity index is 2.64. The molecule has 0 saturated carbocycles. The molecule has 1 aromatic rings. The van der Waals surface area contributed by atoms with Crippen LogP contribution in [0.15, 0.2) is 24.3 Å². The van der Waals surface area contributed by atoms with Gasteiger partial charge in [0.05, 0.1) is 12.7 Å². The van der Waals surface area contributed by atoms with Crippen LogP contribution < -0.4 is 4.74 Å². The number of benzene rings is 1. The van der Waals surface area contributed by atoms with Gasteiger partial charge in [-0.15, -0.1) is 0 Å². The number of carbonyl (C=O) groups excluding carboxylic acids is 2. The van der Waals surface area contributed by atoms with E-state index >= 15 is 0 Å². The van der Waals surface area contributed by atoms with Gasteiger partial charge in [-0.25, -0.2) is 4.79 Å². The number of hydrogen-bond acceptors (Lipinski definition) is 4. The third kappa shape index (κ3) is 3.38. The maximum absolute atomic E-state index is 11.2. The Bertz CT molecular complexity index is 367. The molecule has 0 atom stereocenters. The van der Waals surface area contributed by atoms with E-state index in [0.717, 1.165) is 6.42 Å². The van der Waals surface area contributed by atoms with Gasteiger partial charge in [-0.3, -0.25) is 4.79 Å². The number of carbonyl (C=O) groups is 2. The first-order chi connectivity index (χ1) is 7.67. The summed E-state index contributed by atoms with van der Waals surface area (Å²) in [7, 11) is 1.32. The van der Waals surface area contributed by atoms with Crippen LogP contribution in [-0.2, 0) is 9.53 Å². The molecule has 0 heterocycles. The molecule has 0 aliphatic heterocycles. The van der Waals surface area contributed by atoms with E-state index in [4.69, 9.17) is 4.74 Å². The van der Waals surface area contributed by atoms with Crippen molar-refractivity contribution in [1.29, 1.82) is 0 Å². The minimum atomic E-state index is -0.411. The summed E-state index contributed by atoms with van der Waals surface area (Å²) in [4.78, 5) is 22.3. The summed E-state index contributed by atoms with van der Waals surface area (Å²) >= 11 is 0. The van der Waals surface area contributed by atoms with Crippen molar-refractivity contribution in [2.75, 3.05) is 7.11 Å². The molecule has 0 aromatic heterocycles. The van der Waals surface area contributed by atoms with Crippen molar-refractivity contribution in [3.05, 3.63) is 29.8 Å². The smallest absolute Gasteiger partial charge is 0.337 e. The Morgan fingerprint density at radius 2 is 1.81 bits per heavy atom. The second-order valence-corrected chi connectivity index (χ2v) is 3.24. The van der Waals surface area contributed by atoms with Crippen LogP contribution in [0.25, 0.3) is 0 Å². The summed E-state index contributed by atoms with van der Waals surface area (Å²) in [5.74, 6) is -0.245. The average molecular weight is 222 g/mol. The molecule has 1 rings (SSSR count). The number of esters is 2. The van der Waals surface area contributed by atoms with E-state index in [0.29, 0.717) is 17.7 Å². The van der Waals surface area contributed by atoms with Gasteiger partial charge in [0.15, 0.2) is 0 Å². The molecular weight excluding hydrogens is 208 g/mol. The lowest BCUT2D eigenvalue weighted by Gasteiger charge is -2.04. The van der Waals surface area contributed by atoms with E-state index in [9.17, 15) is 9.59 Å². The van der Waals surface area contributed by atoms with E-state index < -0.39 is 5.97 Å². The van der Waals surface area contributed by atoms with Crippen LogP contribution >= 0.6 is 0 Å².